The minimum absolute atomic E-state index is 0.163. The number of rotatable bonds is 0. The highest BCUT2D eigenvalue weighted by molar-refractivity contribution is 7.81. The van der Waals surface area contributed by atoms with Gasteiger partial charge in [0.05, 0.1) is 4.87 Å². The molecule has 0 aromatic carbocycles. The second kappa shape index (κ2) is 3.55. The van der Waals surface area contributed by atoms with Crippen molar-refractivity contribution in [2.45, 2.75) is 38.5 Å². The first-order valence-corrected chi connectivity index (χ1v) is 6.11. The number of hydrogen-bond acceptors (Lipinski definition) is 2. The molecule has 0 radical (unpaired) electrons. The highest BCUT2D eigenvalue weighted by atomic mass is 32.1. The van der Waals surface area contributed by atoms with Crippen LogP contribution in [0.15, 0.2) is 11.6 Å². The molecule has 84 valence electrons. The Hall–Kier alpha value is -0.440. The van der Waals surface area contributed by atoms with Crippen molar-refractivity contribution in [1.82, 2.24) is 4.90 Å². The maximum absolute atomic E-state index is 12.1. The minimum Gasteiger partial charge on any atom is -0.323 e. The smallest absolute Gasteiger partial charge is 0.226 e. The van der Waals surface area contributed by atoms with E-state index in [0.717, 1.165) is 19.4 Å². The fourth-order valence-corrected chi connectivity index (χ4v) is 3.29. The van der Waals surface area contributed by atoms with Gasteiger partial charge in [0.25, 0.3) is 0 Å². The molecule has 0 aromatic heterocycles. The van der Waals surface area contributed by atoms with Gasteiger partial charge in [0, 0.05) is 18.9 Å². The number of piperidine rings is 1. The number of allylic oxidation sites excluding steroid dienone is 1. The lowest BCUT2D eigenvalue weighted by Gasteiger charge is -2.45. The average Bonchev–Trinajstić information content (AvgIpc) is 2.55. The van der Waals surface area contributed by atoms with Gasteiger partial charge in [-0.05, 0) is 19.3 Å². The molecule has 0 aromatic rings. The molecule has 2 heterocycles. The lowest BCUT2D eigenvalue weighted by atomic mass is 9.84. The molecule has 15 heavy (non-hydrogen) atoms. The van der Waals surface area contributed by atoms with E-state index in [2.05, 4.69) is 13.0 Å². The predicted molar refractivity (Wildman–Crippen MR) is 64.7 cm³/mol. The number of nitrogens with zero attached hydrogens (tertiary/aromatic N) is 1. The van der Waals surface area contributed by atoms with Crippen molar-refractivity contribution in [3.8, 4) is 0 Å². The number of thiol groups is 1. The fourth-order valence-electron chi connectivity index (χ4n) is 2.81. The molecule has 0 aliphatic carbocycles. The van der Waals surface area contributed by atoms with Crippen molar-refractivity contribution in [1.29, 1.82) is 0 Å². The van der Waals surface area contributed by atoms with Crippen molar-refractivity contribution in [3.63, 3.8) is 0 Å². The van der Waals surface area contributed by atoms with Gasteiger partial charge in [-0.3, -0.25) is 4.79 Å². The highest BCUT2D eigenvalue weighted by Crippen LogP contribution is 2.47. The molecule has 0 bridgehead atoms. The van der Waals surface area contributed by atoms with E-state index in [9.17, 15) is 4.79 Å². The van der Waals surface area contributed by atoms with Gasteiger partial charge >= 0.3 is 0 Å². The van der Waals surface area contributed by atoms with Crippen molar-refractivity contribution in [2.75, 3.05) is 6.54 Å². The van der Waals surface area contributed by atoms with Gasteiger partial charge < -0.3 is 4.90 Å². The molecule has 0 N–H and O–H groups in total. The Kier molecular flexibility index (Phi) is 2.61. The zero-order valence-corrected chi connectivity index (χ0v) is 10.6. The monoisotopic (exact) mass is 225 g/mol. The molecule has 2 aliphatic rings. The van der Waals surface area contributed by atoms with Gasteiger partial charge in [-0.1, -0.05) is 25.5 Å². The summed E-state index contributed by atoms with van der Waals surface area (Å²) in [4.78, 5) is 13.8. The van der Waals surface area contributed by atoms with Gasteiger partial charge in [0.1, 0.15) is 0 Å². The summed E-state index contributed by atoms with van der Waals surface area (Å²) in [5.74, 6) is 0.919. The van der Waals surface area contributed by atoms with E-state index >= 15 is 0 Å². The second-order valence-corrected chi connectivity index (χ2v) is 5.74. The first kappa shape index (κ1) is 11.1. The van der Waals surface area contributed by atoms with E-state index in [0.29, 0.717) is 5.92 Å². The van der Waals surface area contributed by atoms with Crippen LogP contribution in [-0.2, 0) is 4.79 Å². The predicted octanol–water partition coefficient (Wildman–Crippen LogP) is 2.47. The Morgan fingerprint density at radius 1 is 1.53 bits per heavy atom. The Labute approximate surface area is 97.1 Å². The molecular formula is C12H19NOS. The third kappa shape index (κ3) is 1.52. The van der Waals surface area contributed by atoms with Crippen molar-refractivity contribution in [2.24, 2.45) is 11.8 Å². The summed E-state index contributed by atoms with van der Waals surface area (Å²) >= 11 is 4.78. The SMILES string of the molecule is C/C=C1\CN2C(=O)C(C)CC(C)C2(S)C1. The van der Waals surface area contributed by atoms with Crippen LogP contribution in [0.4, 0.5) is 0 Å². The lowest BCUT2D eigenvalue weighted by Crippen LogP contribution is -2.54. The van der Waals surface area contributed by atoms with Crippen molar-refractivity contribution < 1.29 is 4.79 Å². The van der Waals surface area contributed by atoms with Gasteiger partial charge in [0.2, 0.25) is 5.91 Å². The van der Waals surface area contributed by atoms with Crippen LogP contribution in [0, 0.1) is 11.8 Å². The molecule has 3 heteroatoms. The highest BCUT2D eigenvalue weighted by Gasteiger charge is 2.51. The summed E-state index contributed by atoms with van der Waals surface area (Å²) in [5, 5.41) is 0. The van der Waals surface area contributed by atoms with Gasteiger partial charge in [-0.25, -0.2) is 0 Å². The quantitative estimate of drug-likeness (QED) is 0.496. The van der Waals surface area contributed by atoms with E-state index in [-0.39, 0.29) is 16.7 Å². The summed E-state index contributed by atoms with van der Waals surface area (Å²) < 4.78 is 0. The molecule has 0 spiro atoms. The maximum atomic E-state index is 12.1. The van der Waals surface area contributed by atoms with E-state index in [1.165, 1.54) is 5.57 Å². The summed E-state index contributed by atoms with van der Waals surface area (Å²) in [6, 6.07) is 0. The van der Waals surface area contributed by atoms with E-state index in [1.54, 1.807) is 0 Å². The van der Waals surface area contributed by atoms with E-state index in [1.807, 2.05) is 18.7 Å². The molecule has 2 rings (SSSR count). The first-order valence-electron chi connectivity index (χ1n) is 5.67. The van der Waals surface area contributed by atoms with Gasteiger partial charge in [0.15, 0.2) is 0 Å². The normalized spacial score (nSPS) is 43.6. The minimum atomic E-state index is -0.217. The Morgan fingerprint density at radius 3 is 2.80 bits per heavy atom. The topological polar surface area (TPSA) is 20.3 Å². The number of hydrogen-bond donors (Lipinski definition) is 1. The van der Waals surface area contributed by atoms with Crippen LogP contribution in [0.25, 0.3) is 0 Å². The van der Waals surface area contributed by atoms with Crippen LogP contribution in [0.3, 0.4) is 0 Å². The summed E-state index contributed by atoms with van der Waals surface area (Å²) in [6.07, 6.45) is 4.03. The van der Waals surface area contributed by atoms with Crippen LogP contribution in [0.5, 0.6) is 0 Å². The van der Waals surface area contributed by atoms with E-state index < -0.39 is 0 Å². The number of fused-ring (bicyclic) bond motifs is 1. The number of carbonyl (C=O) groups excluding carboxylic acids is 1. The van der Waals surface area contributed by atoms with Crippen LogP contribution in [0.2, 0.25) is 0 Å². The van der Waals surface area contributed by atoms with E-state index in [4.69, 9.17) is 12.6 Å². The Morgan fingerprint density at radius 2 is 2.20 bits per heavy atom. The zero-order chi connectivity index (χ0) is 11.2. The largest absolute Gasteiger partial charge is 0.323 e. The standard InChI is InChI=1S/C12H19NOS/c1-4-10-6-12(15)9(3)5-8(2)11(14)13(12)7-10/h4,8-9,15H,5-7H2,1-3H3/b10-4-. The average molecular weight is 225 g/mol. The number of amides is 1. The lowest BCUT2D eigenvalue weighted by molar-refractivity contribution is -0.142. The van der Waals surface area contributed by atoms with Crippen molar-refractivity contribution >= 4 is 18.5 Å². The maximum Gasteiger partial charge on any atom is 0.226 e. The molecule has 2 saturated heterocycles. The van der Waals surface area contributed by atoms with Crippen LogP contribution in [-0.4, -0.2) is 22.2 Å². The molecule has 2 fully saturated rings. The Balaban J connectivity index is 2.34. The molecule has 2 aliphatic heterocycles. The molecular weight excluding hydrogens is 206 g/mol. The second-order valence-electron chi connectivity index (χ2n) is 4.96. The fraction of sp³-hybridized carbons (Fsp3) is 0.750. The van der Waals surface area contributed by atoms with Crippen LogP contribution < -0.4 is 0 Å². The third-order valence-electron chi connectivity index (χ3n) is 3.91. The summed E-state index contributed by atoms with van der Waals surface area (Å²) in [7, 11) is 0. The molecule has 0 saturated carbocycles. The molecule has 2 nitrogen and oxygen atoms in total. The zero-order valence-electron chi connectivity index (χ0n) is 9.66. The Bertz CT molecular complexity index is 326. The van der Waals surface area contributed by atoms with Crippen LogP contribution in [0.1, 0.15) is 33.6 Å². The molecule has 1 amide bonds. The summed E-state index contributed by atoms with van der Waals surface area (Å²) in [6.45, 7) is 7.07. The van der Waals surface area contributed by atoms with Crippen molar-refractivity contribution in [3.05, 3.63) is 11.6 Å². The molecule has 3 unspecified atom stereocenters. The van der Waals surface area contributed by atoms with Crippen LogP contribution >= 0.6 is 12.6 Å². The first-order chi connectivity index (χ1) is 6.99. The third-order valence-corrected chi connectivity index (χ3v) is 4.75. The summed E-state index contributed by atoms with van der Waals surface area (Å²) in [5.41, 5.74) is 1.35. The molecule has 3 atom stereocenters. The number of carbonyl (C=O) groups is 1. The van der Waals surface area contributed by atoms with Gasteiger partial charge in [-0.15, -0.1) is 0 Å². The van der Waals surface area contributed by atoms with Gasteiger partial charge in [-0.2, -0.15) is 12.6 Å².